The second kappa shape index (κ2) is 25.9. The molecule has 0 saturated carbocycles. The van der Waals surface area contributed by atoms with Crippen molar-refractivity contribution in [3.8, 4) is 11.5 Å². The van der Waals surface area contributed by atoms with Gasteiger partial charge in [-0.1, -0.05) is 45.4 Å². The molecule has 0 fully saturated rings. The highest BCUT2D eigenvalue weighted by molar-refractivity contribution is 7.99. The van der Waals surface area contributed by atoms with Crippen LogP contribution in [0.2, 0.25) is 0 Å². The number of ether oxygens (including phenoxy) is 4. The number of hydrogen-bond donors (Lipinski definition) is 2. The molecule has 0 bridgehead atoms. The molecule has 0 radical (unpaired) electrons. The third kappa shape index (κ3) is 21.6. The zero-order valence-corrected chi connectivity index (χ0v) is 29.6. The van der Waals surface area contributed by atoms with Gasteiger partial charge in [0.25, 0.3) is 0 Å². The summed E-state index contributed by atoms with van der Waals surface area (Å²) in [7, 11) is 0. The Labute approximate surface area is 282 Å². The van der Waals surface area contributed by atoms with Crippen LogP contribution in [0.25, 0.3) is 0 Å². The zero-order chi connectivity index (χ0) is 33.2. The molecule has 0 amide bonds. The average Bonchev–Trinajstić information content (AvgIpc) is 3.05. The zero-order valence-electron chi connectivity index (χ0n) is 28.8. The Hall–Kier alpha value is -2.17. The number of nitrogens with zero attached hydrogens (tertiary/aromatic N) is 2. The quantitative estimate of drug-likeness (QED) is 0.0692. The van der Waals surface area contributed by atoms with E-state index >= 15 is 0 Å². The Bertz CT molecular complexity index is 938. The van der Waals surface area contributed by atoms with Crippen LogP contribution in [0, 0.1) is 0 Å². The van der Waals surface area contributed by atoms with E-state index in [-0.39, 0.29) is 18.3 Å². The van der Waals surface area contributed by atoms with E-state index in [9.17, 15) is 10.2 Å². The Balaban J connectivity index is 1.48. The van der Waals surface area contributed by atoms with Gasteiger partial charge in [-0.05, 0) is 101 Å². The van der Waals surface area contributed by atoms with E-state index in [1.54, 1.807) is 18.7 Å². The van der Waals surface area contributed by atoms with Gasteiger partial charge in [-0.25, -0.2) is 0 Å². The van der Waals surface area contributed by atoms with E-state index in [0.29, 0.717) is 18.5 Å². The molecule has 0 aliphatic carbocycles. The molecule has 46 heavy (non-hydrogen) atoms. The van der Waals surface area contributed by atoms with E-state index < -0.39 is 0 Å². The summed E-state index contributed by atoms with van der Waals surface area (Å²) in [5.74, 6) is 2.46. The van der Waals surface area contributed by atoms with Gasteiger partial charge in [0.1, 0.15) is 11.5 Å². The first-order chi connectivity index (χ1) is 22.3. The van der Waals surface area contributed by atoms with E-state index in [4.69, 9.17) is 18.9 Å². The molecule has 4 unspecified atom stereocenters. The summed E-state index contributed by atoms with van der Waals surface area (Å²) in [5, 5.41) is 27.7. The minimum Gasteiger partial charge on any atom is -0.494 e. The van der Waals surface area contributed by atoms with Crippen molar-refractivity contribution in [2.45, 2.75) is 122 Å². The molecule has 2 aromatic rings. The van der Waals surface area contributed by atoms with Crippen LogP contribution in [0.3, 0.4) is 0 Å². The summed E-state index contributed by atoms with van der Waals surface area (Å²) in [4.78, 5) is 0. The Morgan fingerprint density at radius 1 is 0.587 bits per heavy atom. The Morgan fingerprint density at radius 3 is 1.57 bits per heavy atom. The van der Waals surface area contributed by atoms with E-state index in [1.165, 1.54) is 32.1 Å². The SMILES string of the molecule is CC(O)COC(C)CCCCCCCCOc1ccc(N=Nc2ccc(OCCCCCCOCC(C)SCC(C)O)cc2)cc1. The highest BCUT2D eigenvalue weighted by Gasteiger charge is 2.06. The van der Waals surface area contributed by atoms with Gasteiger partial charge in [0, 0.05) is 17.6 Å². The molecule has 0 aromatic heterocycles. The van der Waals surface area contributed by atoms with Crippen LogP contribution in [0.1, 0.15) is 98.3 Å². The molecule has 9 heteroatoms. The van der Waals surface area contributed by atoms with E-state index in [0.717, 1.165) is 87.0 Å². The summed E-state index contributed by atoms with van der Waals surface area (Å²) in [6.07, 6.45) is 12.1. The number of benzene rings is 2. The third-order valence-corrected chi connectivity index (χ3v) is 8.66. The van der Waals surface area contributed by atoms with Crippen molar-refractivity contribution in [1.29, 1.82) is 0 Å². The molecule has 4 atom stereocenters. The number of hydrogen-bond acceptors (Lipinski definition) is 9. The van der Waals surface area contributed by atoms with E-state index in [2.05, 4.69) is 24.1 Å². The molecule has 0 saturated heterocycles. The van der Waals surface area contributed by atoms with E-state index in [1.807, 2.05) is 55.5 Å². The molecule has 0 spiro atoms. The normalized spacial score (nSPS) is 14.3. The van der Waals surface area contributed by atoms with Gasteiger partial charge in [-0.15, -0.1) is 0 Å². The van der Waals surface area contributed by atoms with Crippen LogP contribution in [-0.4, -0.2) is 72.6 Å². The van der Waals surface area contributed by atoms with Gasteiger partial charge in [-0.3, -0.25) is 0 Å². The fourth-order valence-corrected chi connectivity index (χ4v) is 5.40. The fourth-order valence-electron chi connectivity index (χ4n) is 4.60. The second-order valence-corrected chi connectivity index (χ2v) is 13.7. The third-order valence-electron chi connectivity index (χ3n) is 7.28. The topological polar surface area (TPSA) is 102 Å². The standard InChI is InChI=1S/C37H60N2O6S/c1-30(40)27-45-32(3)15-11-7-5-6-8-13-25-43-36-20-16-34(17-21-36)38-39-35-18-22-37(23-19-35)44-26-14-10-9-12-24-42-28-33(4)46-29-31(2)41/h16-23,30-33,40-41H,5-15,24-29H2,1-4H3. The minimum atomic E-state index is -0.389. The summed E-state index contributed by atoms with van der Waals surface area (Å²) >= 11 is 1.75. The summed E-state index contributed by atoms with van der Waals surface area (Å²) in [6.45, 7) is 11.2. The summed E-state index contributed by atoms with van der Waals surface area (Å²) in [5.41, 5.74) is 1.57. The van der Waals surface area contributed by atoms with Crippen molar-refractivity contribution in [2.24, 2.45) is 10.2 Å². The maximum absolute atomic E-state index is 9.35. The lowest BCUT2D eigenvalue weighted by Crippen LogP contribution is -2.16. The van der Waals surface area contributed by atoms with Crippen molar-refractivity contribution >= 4 is 23.1 Å². The van der Waals surface area contributed by atoms with Gasteiger partial charge < -0.3 is 29.2 Å². The highest BCUT2D eigenvalue weighted by atomic mass is 32.2. The molecule has 2 rings (SSSR count). The molecular weight excluding hydrogens is 600 g/mol. The molecule has 8 nitrogen and oxygen atoms in total. The van der Waals surface area contributed by atoms with Crippen LogP contribution in [0.15, 0.2) is 58.8 Å². The molecule has 260 valence electrons. The van der Waals surface area contributed by atoms with Crippen molar-refractivity contribution in [1.82, 2.24) is 0 Å². The summed E-state index contributed by atoms with van der Waals surface area (Å²) < 4.78 is 23.1. The second-order valence-electron chi connectivity index (χ2n) is 12.3. The smallest absolute Gasteiger partial charge is 0.119 e. The molecule has 0 heterocycles. The predicted octanol–water partition coefficient (Wildman–Crippen LogP) is 9.46. The number of aliphatic hydroxyl groups is 2. The maximum Gasteiger partial charge on any atom is 0.119 e. The van der Waals surface area contributed by atoms with Crippen LogP contribution < -0.4 is 9.47 Å². The van der Waals surface area contributed by atoms with Gasteiger partial charge in [-0.2, -0.15) is 22.0 Å². The molecule has 0 aliphatic heterocycles. The lowest BCUT2D eigenvalue weighted by molar-refractivity contribution is 0.00122. The predicted molar refractivity (Wildman–Crippen MR) is 190 cm³/mol. The average molecular weight is 661 g/mol. The molecule has 2 aromatic carbocycles. The lowest BCUT2D eigenvalue weighted by Gasteiger charge is -2.14. The lowest BCUT2D eigenvalue weighted by atomic mass is 10.1. The van der Waals surface area contributed by atoms with Gasteiger partial charge in [0.2, 0.25) is 0 Å². The van der Waals surface area contributed by atoms with Crippen LogP contribution in [0.4, 0.5) is 11.4 Å². The fraction of sp³-hybridized carbons (Fsp3) is 0.676. The van der Waals surface area contributed by atoms with Crippen molar-refractivity contribution in [3.63, 3.8) is 0 Å². The number of unbranched alkanes of at least 4 members (excludes halogenated alkanes) is 8. The number of rotatable bonds is 28. The minimum absolute atomic E-state index is 0.221. The first kappa shape index (κ1) is 40.0. The van der Waals surface area contributed by atoms with Crippen molar-refractivity contribution in [2.75, 3.05) is 38.8 Å². The van der Waals surface area contributed by atoms with Crippen LogP contribution >= 0.6 is 11.8 Å². The van der Waals surface area contributed by atoms with Gasteiger partial charge in [0.05, 0.1) is 56.1 Å². The Morgan fingerprint density at radius 2 is 1.07 bits per heavy atom. The molecular formula is C37H60N2O6S. The highest BCUT2D eigenvalue weighted by Crippen LogP contribution is 2.23. The molecule has 2 N–H and O–H groups in total. The molecule has 0 aliphatic rings. The first-order valence-corrected chi connectivity index (χ1v) is 18.4. The van der Waals surface area contributed by atoms with Gasteiger partial charge >= 0.3 is 0 Å². The van der Waals surface area contributed by atoms with Crippen molar-refractivity contribution < 1.29 is 29.2 Å². The monoisotopic (exact) mass is 660 g/mol. The number of azo groups is 1. The maximum atomic E-state index is 9.35. The summed E-state index contributed by atoms with van der Waals surface area (Å²) in [6, 6.07) is 15.5. The van der Waals surface area contributed by atoms with Crippen LogP contribution in [-0.2, 0) is 9.47 Å². The van der Waals surface area contributed by atoms with Crippen molar-refractivity contribution in [3.05, 3.63) is 48.5 Å². The number of aliphatic hydroxyl groups excluding tert-OH is 2. The largest absolute Gasteiger partial charge is 0.494 e. The van der Waals surface area contributed by atoms with Gasteiger partial charge in [0.15, 0.2) is 0 Å². The van der Waals surface area contributed by atoms with Crippen LogP contribution in [0.5, 0.6) is 11.5 Å². The number of thioether (sulfide) groups is 1. The Kier molecular flexibility index (Phi) is 22.5. The first-order valence-electron chi connectivity index (χ1n) is 17.4.